The Morgan fingerprint density at radius 2 is 2.11 bits per heavy atom. The lowest BCUT2D eigenvalue weighted by molar-refractivity contribution is -0.138. The normalized spacial score (nSPS) is 18.7. The van der Waals surface area contributed by atoms with Crippen LogP contribution >= 0.6 is 0 Å². The van der Waals surface area contributed by atoms with Crippen molar-refractivity contribution in [1.82, 2.24) is 19.7 Å². The maximum absolute atomic E-state index is 13.0. The number of carbonyl (C=O) groups is 2. The number of amides is 1. The van der Waals surface area contributed by atoms with Gasteiger partial charge in [-0.15, -0.1) is 10.2 Å². The predicted octanol–water partition coefficient (Wildman–Crippen LogP) is 1.96. The predicted molar refractivity (Wildman–Crippen MR) is 98.4 cm³/mol. The van der Waals surface area contributed by atoms with Gasteiger partial charge in [-0.1, -0.05) is 6.07 Å². The Balaban J connectivity index is 1.49. The van der Waals surface area contributed by atoms with Crippen LogP contribution in [0.5, 0.6) is 0 Å². The zero-order chi connectivity index (χ0) is 19.0. The van der Waals surface area contributed by atoms with Crippen LogP contribution in [0, 0.1) is 0 Å². The maximum Gasteiger partial charge on any atom is 0.325 e. The topological polar surface area (TPSA) is 89.3 Å². The fraction of sp³-hybridized carbons (Fsp3) is 0.474. The van der Waals surface area contributed by atoms with Gasteiger partial charge in [0, 0.05) is 23.7 Å². The molecular formula is C19H23N5O3. The average Bonchev–Trinajstić information content (AvgIpc) is 3.44. The number of methoxy groups -OCH3 is 1. The van der Waals surface area contributed by atoms with Gasteiger partial charge in [-0.05, 0) is 38.0 Å². The molecule has 8 nitrogen and oxygen atoms in total. The molecule has 0 saturated heterocycles. The molecule has 1 fully saturated rings. The van der Waals surface area contributed by atoms with Crippen LogP contribution in [0.4, 0.5) is 5.69 Å². The van der Waals surface area contributed by atoms with Crippen molar-refractivity contribution in [3.63, 3.8) is 0 Å². The maximum atomic E-state index is 13.0. The molecule has 0 spiro atoms. The summed E-state index contributed by atoms with van der Waals surface area (Å²) < 4.78 is 6.83. The number of benzene rings is 1. The molecule has 0 radical (unpaired) electrons. The van der Waals surface area contributed by atoms with E-state index in [-0.39, 0.29) is 24.5 Å². The Hall–Kier alpha value is -2.90. The molecule has 1 aromatic heterocycles. The molecular weight excluding hydrogens is 346 g/mol. The molecule has 2 aliphatic rings. The molecule has 1 aliphatic carbocycles. The molecule has 1 aliphatic heterocycles. The minimum Gasteiger partial charge on any atom is -0.468 e. The molecule has 1 N–H and O–H groups in total. The lowest BCUT2D eigenvalue weighted by atomic mass is 10.1. The first-order valence-corrected chi connectivity index (χ1v) is 9.20. The summed E-state index contributed by atoms with van der Waals surface area (Å²) in [4.78, 5) is 26.1. The van der Waals surface area contributed by atoms with Gasteiger partial charge in [0.05, 0.1) is 19.7 Å². The first kappa shape index (κ1) is 17.5. The molecule has 0 unspecified atom stereocenters. The van der Waals surface area contributed by atoms with Gasteiger partial charge < -0.3 is 19.5 Å². The van der Waals surface area contributed by atoms with Gasteiger partial charge >= 0.3 is 5.97 Å². The number of esters is 1. The van der Waals surface area contributed by atoms with E-state index in [2.05, 4.69) is 31.7 Å². The minimum atomic E-state index is -0.359. The Kier molecular flexibility index (Phi) is 4.55. The highest BCUT2D eigenvalue weighted by atomic mass is 16.5. The number of nitrogens with one attached hydrogen (secondary N) is 1. The van der Waals surface area contributed by atoms with Crippen molar-refractivity contribution < 1.29 is 14.3 Å². The van der Waals surface area contributed by atoms with Crippen molar-refractivity contribution in [2.24, 2.45) is 0 Å². The number of nitrogens with zero attached hydrogens (tertiary/aromatic N) is 4. The van der Waals surface area contributed by atoms with E-state index in [4.69, 9.17) is 0 Å². The van der Waals surface area contributed by atoms with Crippen molar-refractivity contribution in [3.05, 3.63) is 41.5 Å². The summed E-state index contributed by atoms with van der Waals surface area (Å²) in [6.45, 7) is 3.25. The molecule has 1 atom stereocenters. The molecule has 8 heteroatoms. The number of hydrogen-bond acceptors (Lipinski definition) is 6. The van der Waals surface area contributed by atoms with Crippen LogP contribution in [0.25, 0.3) is 0 Å². The molecule has 1 amide bonds. The molecule has 4 rings (SSSR count). The number of rotatable bonds is 5. The molecule has 2 heterocycles. The van der Waals surface area contributed by atoms with Crippen molar-refractivity contribution in [3.8, 4) is 0 Å². The standard InChI is InChI=1S/C19H23N5O3/c1-12-10-23(11-16-21-22-18(24(12)16)13-6-7-13)19(26)14-4-3-5-15(8-14)20-9-17(25)27-2/h3-5,8,12-13,20H,6-7,9-11H2,1-2H3/t12-/m0/s1. The first-order valence-electron chi connectivity index (χ1n) is 9.20. The highest BCUT2D eigenvalue weighted by Gasteiger charge is 2.35. The Morgan fingerprint density at radius 3 is 2.85 bits per heavy atom. The number of aromatic nitrogens is 3. The summed E-state index contributed by atoms with van der Waals surface area (Å²) >= 11 is 0. The average molecular weight is 369 g/mol. The van der Waals surface area contributed by atoms with Gasteiger partial charge in [0.2, 0.25) is 0 Å². The summed E-state index contributed by atoms with van der Waals surface area (Å²) in [5, 5.41) is 11.7. The van der Waals surface area contributed by atoms with Crippen LogP contribution in [0.15, 0.2) is 24.3 Å². The van der Waals surface area contributed by atoms with Crippen LogP contribution in [0.2, 0.25) is 0 Å². The fourth-order valence-electron chi connectivity index (χ4n) is 3.53. The number of carbonyl (C=O) groups excluding carboxylic acids is 2. The van der Waals surface area contributed by atoms with Crippen molar-refractivity contribution >= 4 is 17.6 Å². The summed E-state index contributed by atoms with van der Waals surface area (Å²) in [7, 11) is 1.34. The quantitative estimate of drug-likeness (QED) is 0.811. The summed E-state index contributed by atoms with van der Waals surface area (Å²) in [6.07, 6.45) is 2.36. The van der Waals surface area contributed by atoms with E-state index >= 15 is 0 Å². The lowest BCUT2D eigenvalue weighted by Gasteiger charge is -2.32. The van der Waals surface area contributed by atoms with Gasteiger partial charge in [0.15, 0.2) is 5.82 Å². The third kappa shape index (κ3) is 3.51. The summed E-state index contributed by atoms with van der Waals surface area (Å²) in [6, 6.07) is 7.31. The fourth-order valence-corrected chi connectivity index (χ4v) is 3.53. The Labute approximate surface area is 157 Å². The van der Waals surface area contributed by atoms with Gasteiger partial charge in [-0.25, -0.2) is 0 Å². The zero-order valence-electron chi connectivity index (χ0n) is 15.5. The smallest absolute Gasteiger partial charge is 0.325 e. The van der Waals surface area contributed by atoms with Gasteiger partial charge in [-0.3, -0.25) is 9.59 Å². The zero-order valence-corrected chi connectivity index (χ0v) is 15.5. The second kappa shape index (κ2) is 7.02. The van der Waals surface area contributed by atoms with E-state index in [9.17, 15) is 9.59 Å². The van der Waals surface area contributed by atoms with Gasteiger partial charge in [0.1, 0.15) is 12.4 Å². The second-order valence-corrected chi connectivity index (χ2v) is 7.16. The largest absolute Gasteiger partial charge is 0.468 e. The molecule has 142 valence electrons. The SMILES string of the molecule is COC(=O)CNc1cccc(C(=O)N2Cc3nnc(C4CC4)n3[C@@H](C)C2)c1. The third-order valence-corrected chi connectivity index (χ3v) is 5.05. The summed E-state index contributed by atoms with van der Waals surface area (Å²) in [5.74, 6) is 2.05. The summed E-state index contributed by atoms with van der Waals surface area (Å²) in [5.41, 5.74) is 1.28. The molecule has 27 heavy (non-hydrogen) atoms. The van der Waals surface area contributed by atoms with Crippen LogP contribution in [-0.4, -0.2) is 51.7 Å². The molecule has 2 aromatic rings. The van der Waals surface area contributed by atoms with E-state index in [1.54, 1.807) is 18.2 Å². The van der Waals surface area contributed by atoms with Crippen molar-refractivity contribution in [2.75, 3.05) is 25.5 Å². The van der Waals surface area contributed by atoms with Gasteiger partial charge in [0.25, 0.3) is 5.91 Å². The number of ether oxygens (including phenoxy) is 1. The highest BCUT2D eigenvalue weighted by Crippen LogP contribution is 2.41. The first-order chi connectivity index (χ1) is 13.1. The van der Waals surface area contributed by atoms with Crippen LogP contribution in [-0.2, 0) is 16.1 Å². The van der Waals surface area contributed by atoms with E-state index < -0.39 is 0 Å². The van der Waals surface area contributed by atoms with Crippen molar-refractivity contribution in [2.45, 2.75) is 38.3 Å². The van der Waals surface area contributed by atoms with Crippen LogP contribution in [0.1, 0.15) is 53.7 Å². The lowest BCUT2D eigenvalue weighted by Crippen LogP contribution is -2.40. The molecule has 0 bridgehead atoms. The monoisotopic (exact) mass is 369 g/mol. The van der Waals surface area contributed by atoms with Crippen LogP contribution in [0.3, 0.4) is 0 Å². The minimum absolute atomic E-state index is 0.0502. The highest BCUT2D eigenvalue weighted by molar-refractivity contribution is 5.95. The Morgan fingerprint density at radius 1 is 1.30 bits per heavy atom. The van der Waals surface area contributed by atoms with E-state index in [0.717, 1.165) is 11.6 Å². The van der Waals surface area contributed by atoms with E-state index in [1.165, 1.54) is 20.0 Å². The second-order valence-electron chi connectivity index (χ2n) is 7.16. The van der Waals surface area contributed by atoms with Gasteiger partial charge in [-0.2, -0.15) is 0 Å². The molecule has 1 aromatic carbocycles. The third-order valence-electron chi connectivity index (χ3n) is 5.05. The number of hydrogen-bond donors (Lipinski definition) is 1. The van der Waals surface area contributed by atoms with E-state index in [0.29, 0.717) is 30.3 Å². The van der Waals surface area contributed by atoms with E-state index in [1.807, 2.05) is 11.0 Å². The van der Waals surface area contributed by atoms with Crippen LogP contribution < -0.4 is 5.32 Å². The molecule has 1 saturated carbocycles. The number of anilines is 1. The van der Waals surface area contributed by atoms with Crippen molar-refractivity contribution in [1.29, 1.82) is 0 Å². The number of fused-ring (bicyclic) bond motifs is 1. The Bertz CT molecular complexity index is 874.